The highest BCUT2D eigenvalue weighted by atomic mass is 19.1. The number of nitrogens with one attached hydrogen (secondary N) is 2. The van der Waals surface area contributed by atoms with Crippen LogP contribution in [0.2, 0.25) is 0 Å². The van der Waals surface area contributed by atoms with Gasteiger partial charge in [0.1, 0.15) is 18.2 Å². The zero-order valence-corrected chi connectivity index (χ0v) is 14.0. The van der Waals surface area contributed by atoms with Crippen molar-refractivity contribution in [3.8, 4) is 5.75 Å². The van der Waals surface area contributed by atoms with Gasteiger partial charge in [0.25, 0.3) is 11.8 Å². The Morgan fingerprint density at radius 2 is 1.69 bits per heavy atom. The Kier molecular flexibility index (Phi) is 5.80. The van der Waals surface area contributed by atoms with Gasteiger partial charge in [-0.3, -0.25) is 20.4 Å². The third-order valence-electron chi connectivity index (χ3n) is 3.99. The lowest BCUT2D eigenvalue weighted by Gasteiger charge is -2.15. The van der Waals surface area contributed by atoms with Crippen molar-refractivity contribution < 1.29 is 23.5 Å². The van der Waals surface area contributed by atoms with E-state index in [9.17, 15) is 14.0 Å². The van der Waals surface area contributed by atoms with Gasteiger partial charge in [-0.15, -0.1) is 0 Å². The molecule has 3 rings (SSSR count). The molecule has 1 atom stereocenters. The number of hydrogen-bond acceptors (Lipinski definition) is 4. The van der Waals surface area contributed by atoms with E-state index >= 15 is 0 Å². The fourth-order valence-corrected chi connectivity index (χ4v) is 2.63. The standard InChI is InChI=1S/C19H19FN2O4/c20-16-9-3-1-7-14(16)18(23)21-22-19(24)15-8-2-4-10-17(15)26-12-13-6-5-11-25-13/h1-4,7-10,13H,5-6,11-12H2,(H,21,23)(H,22,24). The molecule has 0 radical (unpaired) electrons. The first kappa shape index (κ1) is 17.9. The Labute approximate surface area is 150 Å². The minimum atomic E-state index is -0.741. The molecule has 1 aliphatic rings. The summed E-state index contributed by atoms with van der Waals surface area (Å²) in [7, 11) is 0. The Balaban J connectivity index is 1.60. The van der Waals surface area contributed by atoms with E-state index in [1.165, 1.54) is 24.3 Å². The van der Waals surface area contributed by atoms with Crippen molar-refractivity contribution in [1.29, 1.82) is 0 Å². The van der Waals surface area contributed by atoms with Crippen LogP contribution in [0.5, 0.6) is 5.75 Å². The van der Waals surface area contributed by atoms with E-state index in [0.29, 0.717) is 12.4 Å². The van der Waals surface area contributed by atoms with Crippen LogP contribution in [0.1, 0.15) is 33.6 Å². The summed E-state index contributed by atoms with van der Waals surface area (Å²) in [5.74, 6) is -1.58. The predicted octanol–water partition coefficient (Wildman–Crippen LogP) is 2.46. The van der Waals surface area contributed by atoms with Gasteiger partial charge in [0.05, 0.1) is 17.2 Å². The van der Waals surface area contributed by atoms with Crippen molar-refractivity contribution in [1.82, 2.24) is 10.9 Å². The molecule has 136 valence electrons. The summed E-state index contributed by atoms with van der Waals surface area (Å²) in [4.78, 5) is 24.3. The van der Waals surface area contributed by atoms with Gasteiger partial charge in [-0.25, -0.2) is 4.39 Å². The molecule has 2 amide bonds. The molecule has 2 N–H and O–H groups in total. The number of carbonyl (C=O) groups is 2. The highest BCUT2D eigenvalue weighted by Gasteiger charge is 2.19. The molecule has 0 spiro atoms. The molecule has 0 bridgehead atoms. The fraction of sp³-hybridized carbons (Fsp3) is 0.263. The van der Waals surface area contributed by atoms with Gasteiger partial charge in [-0.2, -0.15) is 0 Å². The van der Waals surface area contributed by atoms with E-state index in [4.69, 9.17) is 9.47 Å². The highest BCUT2D eigenvalue weighted by molar-refractivity contribution is 6.00. The van der Waals surface area contributed by atoms with E-state index < -0.39 is 17.6 Å². The number of para-hydroxylation sites is 1. The van der Waals surface area contributed by atoms with E-state index in [1.54, 1.807) is 24.3 Å². The van der Waals surface area contributed by atoms with Crippen LogP contribution in [0.3, 0.4) is 0 Å². The first-order valence-corrected chi connectivity index (χ1v) is 8.34. The normalized spacial score (nSPS) is 16.1. The van der Waals surface area contributed by atoms with Gasteiger partial charge in [0.15, 0.2) is 0 Å². The first-order chi connectivity index (χ1) is 12.6. The number of halogens is 1. The molecule has 1 aliphatic heterocycles. The second-order valence-electron chi connectivity index (χ2n) is 5.83. The lowest BCUT2D eigenvalue weighted by molar-refractivity contribution is 0.0669. The number of carbonyl (C=O) groups excluding carboxylic acids is 2. The summed E-state index contributed by atoms with van der Waals surface area (Å²) in [5, 5.41) is 0. The summed E-state index contributed by atoms with van der Waals surface area (Å²) in [6.07, 6.45) is 1.94. The summed E-state index contributed by atoms with van der Waals surface area (Å²) >= 11 is 0. The number of amides is 2. The lowest BCUT2D eigenvalue weighted by Crippen LogP contribution is -2.42. The Hall–Kier alpha value is -2.93. The number of benzene rings is 2. The summed E-state index contributed by atoms with van der Waals surface area (Å²) in [6, 6.07) is 12.2. The van der Waals surface area contributed by atoms with E-state index in [-0.39, 0.29) is 17.2 Å². The molecule has 1 heterocycles. The van der Waals surface area contributed by atoms with Gasteiger partial charge < -0.3 is 9.47 Å². The molecule has 2 aromatic rings. The molecule has 7 heteroatoms. The molecule has 2 aromatic carbocycles. The minimum Gasteiger partial charge on any atom is -0.490 e. The third-order valence-corrected chi connectivity index (χ3v) is 3.99. The van der Waals surface area contributed by atoms with E-state index in [2.05, 4.69) is 10.9 Å². The lowest BCUT2D eigenvalue weighted by atomic mass is 10.2. The molecule has 1 unspecified atom stereocenters. The topological polar surface area (TPSA) is 76.7 Å². The van der Waals surface area contributed by atoms with Crippen LogP contribution in [-0.4, -0.2) is 31.1 Å². The second-order valence-corrected chi connectivity index (χ2v) is 5.83. The molecular formula is C19H19FN2O4. The molecule has 0 aromatic heterocycles. The Bertz CT molecular complexity index is 791. The predicted molar refractivity (Wildman–Crippen MR) is 92.2 cm³/mol. The third kappa shape index (κ3) is 4.37. The van der Waals surface area contributed by atoms with Gasteiger partial charge in [-0.1, -0.05) is 24.3 Å². The zero-order valence-electron chi connectivity index (χ0n) is 14.0. The fourth-order valence-electron chi connectivity index (χ4n) is 2.63. The van der Waals surface area contributed by atoms with Gasteiger partial charge >= 0.3 is 0 Å². The number of hydrogen-bond donors (Lipinski definition) is 2. The van der Waals surface area contributed by atoms with Crippen LogP contribution in [0.4, 0.5) is 4.39 Å². The number of ether oxygens (including phenoxy) is 2. The van der Waals surface area contributed by atoms with Gasteiger partial charge in [0, 0.05) is 6.61 Å². The first-order valence-electron chi connectivity index (χ1n) is 8.34. The van der Waals surface area contributed by atoms with Crippen molar-refractivity contribution in [3.63, 3.8) is 0 Å². The van der Waals surface area contributed by atoms with Gasteiger partial charge in [0.2, 0.25) is 0 Å². The minimum absolute atomic E-state index is 0.0203. The van der Waals surface area contributed by atoms with Crippen molar-refractivity contribution in [3.05, 3.63) is 65.5 Å². The van der Waals surface area contributed by atoms with E-state index in [1.807, 2.05) is 0 Å². The van der Waals surface area contributed by atoms with Crippen molar-refractivity contribution >= 4 is 11.8 Å². The van der Waals surface area contributed by atoms with Crippen LogP contribution in [0.25, 0.3) is 0 Å². The van der Waals surface area contributed by atoms with Crippen LogP contribution in [-0.2, 0) is 4.74 Å². The quantitative estimate of drug-likeness (QED) is 0.805. The average Bonchev–Trinajstić information content (AvgIpc) is 3.18. The SMILES string of the molecule is O=C(NNC(=O)c1ccccc1OCC1CCCO1)c1ccccc1F. The van der Waals surface area contributed by atoms with Crippen LogP contribution in [0, 0.1) is 5.82 Å². The average molecular weight is 358 g/mol. The van der Waals surface area contributed by atoms with Crippen molar-refractivity contribution in [2.75, 3.05) is 13.2 Å². The highest BCUT2D eigenvalue weighted by Crippen LogP contribution is 2.20. The van der Waals surface area contributed by atoms with Crippen LogP contribution >= 0.6 is 0 Å². The number of hydrazine groups is 1. The van der Waals surface area contributed by atoms with Crippen LogP contribution in [0.15, 0.2) is 48.5 Å². The molecular weight excluding hydrogens is 339 g/mol. The Morgan fingerprint density at radius 3 is 2.38 bits per heavy atom. The van der Waals surface area contributed by atoms with Gasteiger partial charge in [-0.05, 0) is 37.1 Å². The molecule has 1 fully saturated rings. The van der Waals surface area contributed by atoms with E-state index in [0.717, 1.165) is 19.4 Å². The maximum atomic E-state index is 13.6. The molecule has 26 heavy (non-hydrogen) atoms. The summed E-state index contributed by atoms with van der Waals surface area (Å²) < 4.78 is 24.8. The van der Waals surface area contributed by atoms with Crippen molar-refractivity contribution in [2.45, 2.75) is 18.9 Å². The van der Waals surface area contributed by atoms with Crippen molar-refractivity contribution in [2.24, 2.45) is 0 Å². The maximum absolute atomic E-state index is 13.6. The largest absolute Gasteiger partial charge is 0.490 e. The summed E-state index contributed by atoms with van der Waals surface area (Å²) in [5.41, 5.74) is 4.59. The molecule has 6 nitrogen and oxygen atoms in total. The summed E-state index contributed by atoms with van der Waals surface area (Å²) in [6.45, 7) is 1.07. The smallest absolute Gasteiger partial charge is 0.273 e. The maximum Gasteiger partial charge on any atom is 0.273 e. The zero-order chi connectivity index (χ0) is 18.4. The second kappa shape index (κ2) is 8.44. The monoisotopic (exact) mass is 358 g/mol. The number of rotatable bonds is 5. The molecule has 0 aliphatic carbocycles. The Morgan fingerprint density at radius 1 is 1.04 bits per heavy atom. The molecule has 0 saturated carbocycles. The van der Waals surface area contributed by atoms with Crippen LogP contribution < -0.4 is 15.6 Å². The molecule has 1 saturated heterocycles.